The molecule has 7 nitrogen and oxygen atoms in total. The third kappa shape index (κ3) is 3.57. The molecule has 1 aromatic carbocycles. The van der Waals surface area contributed by atoms with Gasteiger partial charge >= 0.3 is 0 Å². The summed E-state index contributed by atoms with van der Waals surface area (Å²) in [6.45, 7) is 1.10. The predicted molar refractivity (Wildman–Crippen MR) is 97.6 cm³/mol. The molecule has 0 saturated carbocycles. The van der Waals surface area contributed by atoms with Gasteiger partial charge in [-0.25, -0.2) is 4.98 Å². The van der Waals surface area contributed by atoms with Crippen molar-refractivity contribution >= 4 is 28.3 Å². The zero-order valence-corrected chi connectivity index (χ0v) is 14.6. The molecule has 0 aliphatic heterocycles. The molecule has 0 unspecified atom stereocenters. The number of amides is 1. The number of aromatic nitrogens is 2. The molecule has 0 fully saturated rings. The lowest BCUT2D eigenvalue weighted by atomic mass is 10.1. The van der Waals surface area contributed by atoms with Crippen molar-refractivity contribution in [1.82, 2.24) is 9.55 Å². The van der Waals surface area contributed by atoms with Gasteiger partial charge in [0.2, 0.25) is 5.88 Å². The quantitative estimate of drug-likeness (QED) is 0.521. The van der Waals surface area contributed by atoms with Crippen LogP contribution < -0.4 is 10.1 Å². The minimum Gasteiger partial charge on any atom is -0.481 e. The molecule has 2 heterocycles. The Morgan fingerprint density at radius 3 is 2.77 bits per heavy atom. The van der Waals surface area contributed by atoms with Gasteiger partial charge in [0.15, 0.2) is 0 Å². The van der Waals surface area contributed by atoms with Crippen LogP contribution in [0.2, 0.25) is 0 Å². The second-order valence-corrected chi connectivity index (χ2v) is 5.62. The fourth-order valence-corrected chi connectivity index (χ4v) is 2.71. The molecule has 0 radical (unpaired) electrons. The molecule has 1 amide bonds. The van der Waals surface area contributed by atoms with Crippen molar-refractivity contribution in [3.05, 3.63) is 54.4 Å². The highest BCUT2D eigenvalue weighted by Gasteiger charge is 2.21. The zero-order chi connectivity index (χ0) is 18.5. The van der Waals surface area contributed by atoms with Crippen LogP contribution in [0.1, 0.15) is 10.4 Å². The molecule has 3 aromatic rings. The SMILES string of the molecule is COCCn1cc(C(=O)C(=O)Nc2ccnc(OC)c2)c2ccccc21. The van der Waals surface area contributed by atoms with E-state index in [0.717, 1.165) is 10.9 Å². The molecule has 0 spiro atoms. The number of Topliss-reactive ketones (excluding diaryl/α,β-unsaturated/α-hetero) is 1. The normalized spacial score (nSPS) is 10.7. The van der Waals surface area contributed by atoms with Gasteiger partial charge in [0.25, 0.3) is 11.7 Å². The number of pyridine rings is 1. The van der Waals surface area contributed by atoms with Gasteiger partial charge in [0.05, 0.1) is 19.3 Å². The van der Waals surface area contributed by atoms with Crippen LogP contribution in [-0.4, -0.2) is 42.1 Å². The van der Waals surface area contributed by atoms with Crippen molar-refractivity contribution in [2.24, 2.45) is 0 Å². The molecule has 3 rings (SSSR count). The average molecular weight is 353 g/mol. The molecule has 0 saturated heterocycles. The molecular weight excluding hydrogens is 334 g/mol. The highest BCUT2D eigenvalue weighted by molar-refractivity contribution is 6.48. The Bertz CT molecular complexity index is 949. The van der Waals surface area contributed by atoms with E-state index in [9.17, 15) is 9.59 Å². The number of hydrogen-bond donors (Lipinski definition) is 1. The number of anilines is 1. The molecule has 0 aliphatic carbocycles. The first-order chi connectivity index (χ1) is 12.6. The number of ether oxygens (including phenoxy) is 2. The first-order valence-electron chi connectivity index (χ1n) is 8.06. The maximum atomic E-state index is 12.7. The van der Waals surface area contributed by atoms with E-state index in [-0.39, 0.29) is 0 Å². The number of ketones is 1. The van der Waals surface area contributed by atoms with E-state index in [4.69, 9.17) is 9.47 Å². The number of nitrogens with zero attached hydrogens (tertiary/aromatic N) is 2. The maximum Gasteiger partial charge on any atom is 0.296 e. The smallest absolute Gasteiger partial charge is 0.296 e. The fourth-order valence-electron chi connectivity index (χ4n) is 2.71. The summed E-state index contributed by atoms with van der Waals surface area (Å²) >= 11 is 0. The Morgan fingerprint density at radius 2 is 2.00 bits per heavy atom. The van der Waals surface area contributed by atoms with Crippen molar-refractivity contribution in [1.29, 1.82) is 0 Å². The number of carbonyl (C=O) groups excluding carboxylic acids is 2. The summed E-state index contributed by atoms with van der Waals surface area (Å²) in [5, 5.41) is 3.32. The van der Waals surface area contributed by atoms with Crippen molar-refractivity contribution in [3.8, 4) is 5.88 Å². The first-order valence-corrected chi connectivity index (χ1v) is 8.06. The van der Waals surface area contributed by atoms with Gasteiger partial charge < -0.3 is 19.4 Å². The van der Waals surface area contributed by atoms with Crippen molar-refractivity contribution in [2.45, 2.75) is 6.54 Å². The minimum absolute atomic E-state index is 0.353. The van der Waals surface area contributed by atoms with Crippen LogP contribution in [0.4, 0.5) is 5.69 Å². The minimum atomic E-state index is -0.715. The van der Waals surface area contributed by atoms with E-state index in [2.05, 4.69) is 10.3 Å². The van der Waals surface area contributed by atoms with Crippen LogP contribution in [0.3, 0.4) is 0 Å². The van der Waals surface area contributed by atoms with Crippen molar-refractivity contribution in [3.63, 3.8) is 0 Å². The second-order valence-electron chi connectivity index (χ2n) is 5.62. The van der Waals surface area contributed by atoms with Crippen LogP contribution in [0, 0.1) is 0 Å². The van der Waals surface area contributed by atoms with Gasteiger partial charge in [-0.1, -0.05) is 18.2 Å². The molecule has 0 aliphatic rings. The predicted octanol–water partition coefficient (Wildman–Crippen LogP) is 2.51. The maximum absolute atomic E-state index is 12.7. The zero-order valence-electron chi connectivity index (χ0n) is 14.6. The monoisotopic (exact) mass is 353 g/mol. The lowest BCUT2D eigenvalue weighted by molar-refractivity contribution is -0.112. The Labute approximate surface area is 150 Å². The van der Waals surface area contributed by atoms with Crippen molar-refractivity contribution < 1.29 is 19.1 Å². The Balaban J connectivity index is 1.87. The lowest BCUT2D eigenvalue weighted by Crippen LogP contribution is -2.22. The van der Waals surface area contributed by atoms with Gasteiger partial charge in [-0.05, 0) is 12.1 Å². The molecular formula is C19H19N3O4. The van der Waals surface area contributed by atoms with Gasteiger partial charge in [-0.15, -0.1) is 0 Å². The van der Waals surface area contributed by atoms with Gasteiger partial charge in [0.1, 0.15) is 0 Å². The second kappa shape index (κ2) is 7.79. The van der Waals surface area contributed by atoms with Gasteiger partial charge in [-0.2, -0.15) is 0 Å². The number of rotatable bonds is 7. The highest BCUT2D eigenvalue weighted by Crippen LogP contribution is 2.22. The number of carbonyl (C=O) groups is 2. The summed E-state index contributed by atoms with van der Waals surface area (Å²) in [6, 6.07) is 10.6. The van der Waals surface area contributed by atoms with E-state index in [1.165, 1.54) is 13.3 Å². The summed E-state index contributed by atoms with van der Waals surface area (Å²) in [5.74, 6) is -0.965. The molecule has 26 heavy (non-hydrogen) atoms. The van der Waals surface area contributed by atoms with Gasteiger partial charge in [0, 0.05) is 48.7 Å². The van der Waals surface area contributed by atoms with E-state index in [1.807, 2.05) is 28.8 Å². The summed E-state index contributed by atoms with van der Waals surface area (Å²) in [4.78, 5) is 29.1. The third-order valence-corrected chi connectivity index (χ3v) is 3.98. The number of methoxy groups -OCH3 is 2. The molecule has 134 valence electrons. The van der Waals surface area contributed by atoms with Gasteiger partial charge in [-0.3, -0.25) is 9.59 Å². The molecule has 0 bridgehead atoms. The summed E-state index contributed by atoms with van der Waals surface area (Å²) < 4.78 is 12.0. The number of nitrogens with one attached hydrogen (secondary N) is 1. The van der Waals surface area contributed by atoms with E-state index < -0.39 is 11.7 Å². The van der Waals surface area contributed by atoms with Crippen LogP contribution in [0.25, 0.3) is 10.9 Å². The first kappa shape index (κ1) is 17.6. The molecule has 0 atom stereocenters. The summed E-state index contributed by atoms with van der Waals surface area (Å²) in [5.41, 5.74) is 1.68. The standard InChI is InChI=1S/C19H19N3O4/c1-25-10-9-22-12-15(14-5-3-4-6-16(14)22)18(23)19(24)21-13-7-8-20-17(11-13)26-2/h3-8,11-12H,9-10H2,1-2H3,(H,20,21,24). The molecule has 7 heteroatoms. The lowest BCUT2D eigenvalue weighted by Gasteiger charge is -2.05. The Hall–Kier alpha value is -3.19. The Morgan fingerprint density at radius 1 is 1.19 bits per heavy atom. The number of hydrogen-bond acceptors (Lipinski definition) is 5. The Kier molecular flexibility index (Phi) is 5.28. The summed E-state index contributed by atoms with van der Waals surface area (Å²) in [6.07, 6.45) is 3.19. The van der Waals surface area contributed by atoms with E-state index in [1.54, 1.807) is 25.4 Å². The fraction of sp³-hybridized carbons (Fsp3) is 0.211. The molecule has 2 aromatic heterocycles. The average Bonchev–Trinajstić information content (AvgIpc) is 3.04. The van der Waals surface area contributed by atoms with Crippen molar-refractivity contribution in [2.75, 3.05) is 26.1 Å². The largest absolute Gasteiger partial charge is 0.481 e. The van der Waals surface area contributed by atoms with E-state index >= 15 is 0 Å². The van der Waals surface area contributed by atoms with Crippen LogP contribution >= 0.6 is 0 Å². The number of para-hydroxylation sites is 1. The van der Waals surface area contributed by atoms with Crippen LogP contribution in [0.15, 0.2) is 48.8 Å². The third-order valence-electron chi connectivity index (χ3n) is 3.98. The number of benzene rings is 1. The topological polar surface area (TPSA) is 82.5 Å². The highest BCUT2D eigenvalue weighted by atomic mass is 16.5. The summed E-state index contributed by atoms with van der Waals surface area (Å²) in [7, 11) is 3.10. The number of fused-ring (bicyclic) bond motifs is 1. The van der Waals surface area contributed by atoms with E-state index in [0.29, 0.717) is 30.3 Å². The van der Waals surface area contributed by atoms with Crippen LogP contribution in [0.5, 0.6) is 5.88 Å². The van der Waals surface area contributed by atoms with Crippen LogP contribution in [-0.2, 0) is 16.1 Å². The molecule has 1 N–H and O–H groups in total.